The topological polar surface area (TPSA) is 66.5 Å². The Morgan fingerprint density at radius 3 is 2.83 bits per heavy atom. The lowest BCUT2D eigenvalue weighted by Crippen LogP contribution is -2.37. The van der Waals surface area contributed by atoms with Crippen molar-refractivity contribution < 1.29 is 13.2 Å². The van der Waals surface area contributed by atoms with Crippen LogP contribution < -0.4 is 4.72 Å². The highest BCUT2D eigenvalue weighted by Gasteiger charge is 2.15. The minimum Gasteiger partial charge on any atom is -0.338 e. The van der Waals surface area contributed by atoms with Gasteiger partial charge in [0, 0.05) is 26.6 Å². The molecule has 0 bridgehead atoms. The number of amides is 1. The van der Waals surface area contributed by atoms with Crippen LogP contribution in [0.4, 0.5) is 0 Å². The zero-order valence-corrected chi connectivity index (χ0v) is 11.8. The van der Waals surface area contributed by atoms with Crippen LogP contribution >= 0.6 is 11.3 Å². The van der Waals surface area contributed by atoms with Crippen LogP contribution in [0.3, 0.4) is 0 Å². The number of rotatable bonds is 7. The Morgan fingerprint density at radius 2 is 2.33 bits per heavy atom. The van der Waals surface area contributed by atoms with Gasteiger partial charge in [0.2, 0.25) is 15.9 Å². The quantitative estimate of drug-likeness (QED) is 0.763. The monoisotopic (exact) mass is 288 g/mol. The van der Waals surface area contributed by atoms with Gasteiger partial charge in [-0.3, -0.25) is 4.79 Å². The lowest BCUT2D eigenvalue weighted by Gasteiger charge is -2.19. The van der Waals surface area contributed by atoms with Gasteiger partial charge in [-0.05, 0) is 11.4 Å². The average Bonchev–Trinajstić information content (AvgIpc) is 2.81. The van der Waals surface area contributed by atoms with Crippen molar-refractivity contribution in [3.05, 3.63) is 30.2 Å². The van der Waals surface area contributed by atoms with Crippen LogP contribution in [0.2, 0.25) is 0 Å². The normalized spacial score (nSPS) is 11.2. The molecule has 1 heterocycles. The number of hydrogen-bond acceptors (Lipinski definition) is 4. The van der Waals surface area contributed by atoms with Crippen LogP contribution in [-0.4, -0.2) is 38.9 Å². The summed E-state index contributed by atoms with van der Waals surface area (Å²) >= 11 is 1.16. The average molecular weight is 288 g/mol. The molecule has 0 saturated carbocycles. The van der Waals surface area contributed by atoms with E-state index in [1.54, 1.807) is 23.6 Å². The molecule has 1 aromatic heterocycles. The van der Waals surface area contributed by atoms with Crippen molar-refractivity contribution in [2.45, 2.75) is 11.1 Å². The number of hydrogen-bond donors (Lipinski definition) is 1. The molecule has 18 heavy (non-hydrogen) atoms. The lowest BCUT2D eigenvalue weighted by atomic mass is 10.4. The van der Waals surface area contributed by atoms with Gasteiger partial charge in [0.1, 0.15) is 4.21 Å². The van der Waals surface area contributed by atoms with Crippen LogP contribution in [0.25, 0.3) is 0 Å². The van der Waals surface area contributed by atoms with E-state index in [-0.39, 0.29) is 16.7 Å². The Kier molecular flexibility index (Phi) is 5.52. The van der Waals surface area contributed by atoms with E-state index in [2.05, 4.69) is 11.3 Å². The summed E-state index contributed by atoms with van der Waals surface area (Å²) in [5, 5.41) is 1.70. The van der Waals surface area contributed by atoms with E-state index >= 15 is 0 Å². The third-order valence-electron chi connectivity index (χ3n) is 2.23. The molecule has 0 aliphatic rings. The molecule has 0 unspecified atom stereocenters. The molecule has 1 N–H and O–H groups in total. The molecule has 0 aromatic carbocycles. The van der Waals surface area contributed by atoms with Gasteiger partial charge in [-0.25, -0.2) is 13.1 Å². The Morgan fingerprint density at radius 1 is 1.61 bits per heavy atom. The first-order chi connectivity index (χ1) is 8.47. The SMILES string of the molecule is C=CCN(CCNS(=O)(=O)c1cccs1)C(C)=O. The molecule has 1 aromatic rings. The number of carbonyl (C=O) groups excluding carboxylic acids is 1. The summed E-state index contributed by atoms with van der Waals surface area (Å²) in [5.74, 6) is -0.106. The van der Waals surface area contributed by atoms with Crippen LogP contribution in [-0.2, 0) is 14.8 Å². The summed E-state index contributed by atoms with van der Waals surface area (Å²) in [6.45, 7) is 5.92. The van der Waals surface area contributed by atoms with E-state index in [4.69, 9.17) is 0 Å². The van der Waals surface area contributed by atoms with E-state index in [0.29, 0.717) is 13.1 Å². The van der Waals surface area contributed by atoms with Crippen molar-refractivity contribution in [2.75, 3.05) is 19.6 Å². The molecule has 0 fully saturated rings. The molecule has 1 rings (SSSR count). The maximum Gasteiger partial charge on any atom is 0.250 e. The predicted molar refractivity (Wildman–Crippen MR) is 72.0 cm³/mol. The summed E-state index contributed by atoms with van der Waals surface area (Å²) in [5.41, 5.74) is 0. The highest BCUT2D eigenvalue weighted by atomic mass is 32.2. The fourth-order valence-corrected chi connectivity index (χ4v) is 3.39. The lowest BCUT2D eigenvalue weighted by molar-refractivity contribution is -0.128. The first-order valence-corrected chi connectivity index (χ1v) is 7.73. The van der Waals surface area contributed by atoms with Crippen molar-refractivity contribution in [3.63, 3.8) is 0 Å². The smallest absolute Gasteiger partial charge is 0.250 e. The fourth-order valence-electron chi connectivity index (χ4n) is 1.34. The van der Waals surface area contributed by atoms with Crippen molar-refractivity contribution in [1.29, 1.82) is 0 Å². The number of sulfonamides is 1. The van der Waals surface area contributed by atoms with Crippen LogP contribution in [0, 0.1) is 0 Å². The van der Waals surface area contributed by atoms with E-state index < -0.39 is 10.0 Å². The van der Waals surface area contributed by atoms with Crippen molar-refractivity contribution >= 4 is 27.3 Å². The molecule has 0 aliphatic carbocycles. The molecular weight excluding hydrogens is 272 g/mol. The zero-order valence-electron chi connectivity index (χ0n) is 10.1. The molecule has 7 heteroatoms. The maximum atomic E-state index is 11.8. The van der Waals surface area contributed by atoms with Gasteiger partial charge in [-0.1, -0.05) is 12.1 Å². The first-order valence-electron chi connectivity index (χ1n) is 5.37. The molecule has 1 amide bonds. The van der Waals surface area contributed by atoms with Crippen molar-refractivity contribution in [1.82, 2.24) is 9.62 Å². The summed E-state index contributed by atoms with van der Waals surface area (Å²) < 4.78 is 26.3. The van der Waals surface area contributed by atoms with E-state index in [1.165, 1.54) is 11.8 Å². The van der Waals surface area contributed by atoms with E-state index in [9.17, 15) is 13.2 Å². The van der Waals surface area contributed by atoms with Gasteiger partial charge in [0.25, 0.3) is 0 Å². The summed E-state index contributed by atoms with van der Waals surface area (Å²) in [4.78, 5) is 12.7. The second-order valence-electron chi connectivity index (χ2n) is 3.58. The van der Waals surface area contributed by atoms with Gasteiger partial charge in [0.05, 0.1) is 0 Å². The molecular formula is C11H16N2O3S2. The maximum absolute atomic E-state index is 11.8. The minimum absolute atomic E-state index is 0.106. The molecule has 0 aliphatic heterocycles. The summed E-state index contributed by atoms with van der Waals surface area (Å²) in [6.07, 6.45) is 1.61. The summed E-state index contributed by atoms with van der Waals surface area (Å²) in [7, 11) is -3.45. The predicted octanol–water partition coefficient (Wildman–Crippen LogP) is 1.06. The van der Waals surface area contributed by atoms with Crippen LogP contribution in [0.15, 0.2) is 34.4 Å². The van der Waals surface area contributed by atoms with Gasteiger partial charge in [-0.15, -0.1) is 17.9 Å². The number of carbonyl (C=O) groups is 1. The Hall–Kier alpha value is -1.18. The van der Waals surface area contributed by atoms with E-state index in [0.717, 1.165) is 11.3 Å². The van der Waals surface area contributed by atoms with Gasteiger partial charge in [-0.2, -0.15) is 0 Å². The Labute approximate surface area is 111 Å². The molecule has 0 saturated heterocycles. The molecule has 5 nitrogen and oxygen atoms in total. The van der Waals surface area contributed by atoms with Gasteiger partial charge in [0.15, 0.2) is 0 Å². The van der Waals surface area contributed by atoms with Crippen molar-refractivity contribution in [3.8, 4) is 0 Å². The standard InChI is InChI=1S/C11H16N2O3S2/c1-3-7-13(10(2)14)8-6-12-18(15,16)11-5-4-9-17-11/h3-5,9,12H,1,6-8H2,2H3. The highest BCUT2D eigenvalue weighted by Crippen LogP contribution is 2.14. The number of nitrogens with zero attached hydrogens (tertiary/aromatic N) is 1. The van der Waals surface area contributed by atoms with Crippen LogP contribution in [0.1, 0.15) is 6.92 Å². The molecule has 0 atom stereocenters. The third-order valence-corrected chi connectivity index (χ3v) is 5.09. The zero-order chi connectivity index (χ0) is 13.6. The Bertz CT molecular complexity index is 494. The molecule has 0 radical (unpaired) electrons. The number of thiophene rings is 1. The van der Waals surface area contributed by atoms with Crippen molar-refractivity contribution in [2.24, 2.45) is 0 Å². The first kappa shape index (κ1) is 14.9. The largest absolute Gasteiger partial charge is 0.338 e. The minimum atomic E-state index is -3.45. The highest BCUT2D eigenvalue weighted by molar-refractivity contribution is 7.91. The number of nitrogens with one attached hydrogen (secondary N) is 1. The second kappa shape index (κ2) is 6.67. The summed E-state index contributed by atoms with van der Waals surface area (Å²) in [6, 6.07) is 3.22. The van der Waals surface area contributed by atoms with E-state index in [1.807, 2.05) is 0 Å². The Balaban J connectivity index is 2.51. The second-order valence-corrected chi connectivity index (χ2v) is 6.53. The molecule has 0 spiro atoms. The third kappa shape index (κ3) is 4.25. The molecule has 100 valence electrons. The van der Waals surface area contributed by atoms with Crippen LogP contribution in [0.5, 0.6) is 0 Å². The fraction of sp³-hybridized carbons (Fsp3) is 0.364. The van der Waals surface area contributed by atoms with Gasteiger partial charge >= 0.3 is 0 Å². The van der Waals surface area contributed by atoms with Gasteiger partial charge < -0.3 is 4.90 Å².